The molecule has 0 saturated carbocycles. The van der Waals surface area contributed by atoms with Crippen LogP contribution in [-0.4, -0.2) is 45.9 Å². The number of hydrogen-bond donors (Lipinski definition) is 2. The molecule has 2 atom stereocenters. The van der Waals surface area contributed by atoms with Gasteiger partial charge in [-0.1, -0.05) is 60.2 Å². The Hall–Kier alpha value is -1.64. The van der Waals surface area contributed by atoms with E-state index < -0.39 is 0 Å². The van der Waals surface area contributed by atoms with E-state index in [1.807, 2.05) is 13.1 Å². The number of unbranched alkanes of at least 4 members (excludes halogenated alkanes) is 1. The summed E-state index contributed by atoms with van der Waals surface area (Å²) in [6, 6.07) is 19.2. The van der Waals surface area contributed by atoms with Crippen molar-refractivity contribution < 1.29 is 9.47 Å². The molecule has 1 fully saturated rings. The average Bonchev–Trinajstić information content (AvgIpc) is 2.84. The van der Waals surface area contributed by atoms with Crippen LogP contribution in [0.15, 0.2) is 59.6 Å². The van der Waals surface area contributed by atoms with Crippen LogP contribution in [0.1, 0.15) is 48.5 Å². The number of halogens is 1. The summed E-state index contributed by atoms with van der Waals surface area (Å²) < 4.78 is 11.9. The minimum absolute atomic E-state index is 0. The van der Waals surface area contributed by atoms with E-state index in [2.05, 4.69) is 71.1 Å². The molecule has 6 heteroatoms. The van der Waals surface area contributed by atoms with E-state index in [1.165, 1.54) is 23.1 Å². The minimum atomic E-state index is 0. The van der Waals surface area contributed by atoms with E-state index in [-0.39, 0.29) is 30.1 Å². The van der Waals surface area contributed by atoms with Crippen LogP contribution >= 0.6 is 24.0 Å². The van der Waals surface area contributed by atoms with Crippen molar-refractivity contribution in [1.29, 1.82) is 0 Å². The van der Waals surface area contributed by atoms with Gasteiger partial charge >= 0.3 is 0 Å². The van der Waals surface area contributed by atoms with Crippen LogP contribution in [0, 0.1) is 12.8 Å². The van der Waals surface area contributed by atoms with Gasteiger partial charge in [-0.05, 0) is 50.2 Å². The zero-order valence-electron chi connectivity index (χ0n) is 20.1. The lowest BCUT2D eigenvalue weighted by Gasteiger charge is -2.32. The van der Waals surface area contributed by atoms with E-state index in [1.54, 1.807) is 0 Å². The highest BCUT2D eigenvalue weighted by atomic mass is 127. The Balaban J connectivity index is 0.00000385. The van der Waals surface area contributed by atoms with Crippen LogP contribution in [0.5, 0.6) is 0 Å². The number of ether oxygens (including phenoxy) is 2. The van der Waals surface area contributed by atoms with Gasteiger partial charge in [0.15, 0.2) is 5.96 Å². The van der Waals surface area contributed by atoms with Gasteiger partial charge in [-0.15, -0.1) is 24.0 Å². The number of nitrogens with one attached hydrogen (secondary N) is 2. The molecular weight excluding hydrogens is 525 g/mol. The highest BCUT2D eigenvalue weighted by Gasteiger charge is 2.27. The summed E-state index contributed by atoms with van der Waals surface area (Å²) in [4.78, 5) is 4.38. The van der Waals surface area contributed by atoms with Crippen LogP contribution < -0.4 is 10.6 Å². The van der Waals surface area contributed by atoms with Gasteiger partial charge in [-0.25, -0.2) is 0 Å². The maximum Gasteiger partial charge on any atom is 0.190 e. The van der Waals surface area contributed by atoms with Crippen molar-refractivity contribution in [3.05, 3.63) is 71.3 Å². The predicted octanol–water partition coefficient (Wildman–Crippen LogP) is 5.29. The highest BCUT2D eigenvalue weighted by molar-refractivity contribution is 14.0. The summed E-state index contributed by atoms with van der Waals surface area (Å²) >= 11 is 0. The molecule has 0 bridgehead atoms. The third-order valence-electron chi connectivity index (χ3n) is 5.99. The van der Waals surface area contributed by atoms with Crippen LogP contribution in [0.3, 0.4) is 0 Å². The van der Waals surface area contributed by atoms with Crippen LogP contribution in [0.4, 0.5) is 0 Å². The lowest BCUT2D eigenvalue weighted by Crippen LogP contribution is -2.42. The number of aryl methyl sites for hydroxylation is 1. The molecule has 1 heterocycles. The van der Waals surface area contributed by atoms with Crippen molar-refractivity contribution in [2.45, 2.75) is 45.1 Å². The first-order valence-electron chi connectivity index (χ1n) is 12.0. The van der Waals surface area contributed by atoms with Crippen molar-refractivity contribution in [1.82, 2.24) is 10.6 Å². The first kappa shape index (κ1) is 27.6. The summed E-state index contributed by atoms with van der Waals surface area (Å²) in [6.07, 6.45) is 5.52. The molecule has 0 aliphatic carbocycles. The zero-order valence-corrected chi connectivity index (χ0v) is 22.4. The smallest absolute Gasteiger partial charge is 0.190 e. The molecule has 2 aromatic carbocycles. The molecule has 1 aliphatic rings. The van der Waals surface area contributed by atoms with Gasteiger partial charge in [0.25, 0.3) is 0 Å². The van der Waals surface area contributed by atoms with E-state index in [9.17, 15) is 0 Å². The van der Waals surface area contributed by atoms with Gasteiger partial charge in [0.05, 0.1) is 12.7 Å². The molecule has 2 N–H and O–H groups in total. The fraction of sp³-hybridized carbons (Fsp3) is 0.519. The Morgan fingerprint density at radius 1 is 1.03 bits per heavy atom. The maximum absolute atomic E-state index is 6.14. The number of guanidine groups is 1. The van der Waals surface area contributed by atoms with Crippen molar-refractivity contribution in [2.24, 2.45) is 10.9 Å². The second-order valence-corrected chi connectivity index (χ2v) is 8.54. The number of hydrogen-bond acceptors (Lipinski definition) is 3. The van der Waals surface area contributed by atoms with Gasteiger partial charge in [-0.2, -0.15) is 0 Å². The summed E-state index contributed by atoms with van der Waals surface area (Å²) in [5, 5.41) is 6.94. The Labute approximate surface area is 216 Å². The predicted molar refractivity (Wildman–Crippen MR) is 148 cm³/mol. The number of aliphatic imine (C=N–C) groups is 1. The lowest BCUT2D eigenvalue weighted by molar-refractivity contribution is -0.0265. The van der Waals surface area contributed by atoms with Crippen molar-refractivity contribution in [3.63, 3.8) is 0 Å². The summed E-state index contributed by atoms with van der Waals surface area (Å²) in [5.41, 5.74) is 3.89. The summed E-state index contributed by atoms with van der Waals surface area (Å²) in [7, 11) is 1.83. The third kappa shape index (κ3) is 10.0. The lowest BCUT2D eigenvalue weighted by atomic mass is 9.89. The summed E-state index contributed by atoms with van der Waals surface area (Å²) in [6.45, 7) is 6.31. The monoisotopic (exact) mass is 565 g/mol. The maximum atomic E-state index is 6.14. The fourth-order valence-electron chi connectivity index (χ4n) is 4.10. The normalized spacial score (nSPS) is 18.4. The van der Waals surface area contributed by atoms with E-state index in [0.29, 0.717) is 5.92 Å². The molecule has 33 heavy (non-hydrogen) atoms. The van der Waals surface area contributed by atoms with Crippen LogP contribution in [0.25, 0.3) is 0 Å². The quantitative estimate of drug-likeness (QED) is 0.168. The third-order valence-corrected chi connectivity index (χ3v) is 5.99. The molecule has 0 radical (unpaired) electrons. The molecule has 2 unspecified atom stereocenters. The van der Waals surface area contributed by atoms with Crippen molar-refractivity contribution >= 4 is 29.9 Å². The zero-order chi connectivity index (χ0) is 22.4. The Morgan fingerprint density at radius 2 is 1.82 bits per heavy atom. The molecule has 0 amide bonds. The van der Waals surface area contributed by atoms with E-state index in [0.717, 1.165) is 64.6 Å². The molecule has 182 valence electrons. The Kier molecular flexibility index (Phi) is 13.4. The van der Waals surface area contributed by atoms with Crippen LogP contribution in [-0.2, 0) is 15.9 Å². The topological polar surface area (TPSA) is 54.9 Å². The Bertz CT molecular complexity index is 799. The summed E-state index contributed by atoms with van der Waals surface area (Å²) in [5.74, 6) is 1.31. The molecule has 1 aliphatic heterocycles. The minimum Gasteiger partial charge on any atom is -0.381 e. The van der Waals surface area contributed by atoms with Gasteiger partial charge in [0.1, 0.15) is 0 Å². The Morgan fingerprint density at radius 3 is 2.58 bits per heavy atom. The van der Waals surface area contributed by atoms with Gasteiger partial charge in [-0.3, -0.25) is 4.99 Å². The van der Waals surface area contributed by atoms with Gasteiger partial charge in [0, 0.05) is 39.3 Å². The highest BCUT2D eigenvalue weighted by Crippen LogP contribution is 2.33. The van der Waals surface area contributed by atoms with Gasteiger partial charge in [0.2, 0.25) is 0 Å². The molecule has 5 nitrogen and oxygen atoms in total. The van der Waals surface area contributed by atoms with E-state index in [4.69, 9.17) is 9.47 Å². The molecule has 2 aromatic rings. The van der Waals surface area contributed by atoms with E-state index >= 15 is 0 Å². The number of nitrogens with zero attached hydrogens (tertiary/aromatic N) is 1. The molecular formula is C27H40IN3O2. The second kappa shape index (κ2) is 16.1. The standard InChI is InChI=1S/C27H39N3O2.HI/c1-22-12-14-24(15-13-22)26-25(11-8-19-32-26)21-30-27(28-2)29-17-6-7-18-31-20-16-23-9-4-3-5-10-23;/h3-5,9-10,12-15,25-26H,6-8,11,16-21H2,1-2H3,(H2,28,29,30);1H. The number of benzene rings is 2. The largest absolute Gasteiger partial charge is 0.381 e. The average molecular weight is 566 g/mol. The molecule has 0 spiro atoms. The first-order valence-corrected chi connectivity index (χ1v) is 12.0. The van der Waals surface area contributed by atoms with Crippen LogP contribution in [0.2, 0.25) is 0 Å². The molecule has 3 rings (SSSR count). The molecule has 1 saturated heterocycles. The molecule has 0 aromatic heterocycles. The van der Waals surface area contributed by atoms with Gasteiger partial charge < -0.3 is 20.1 Å². The number of rotatable bonds is 11. The second-order valence-electron chi connectivity index (χ2n) is 8.54. The SMILES string of the molecule is CN=C(NCCCCOCCc1ccccc1)NCC1CCCOC1c1ccc(C)cc1.I. The van der Waals surface area contributed by atoms with Crippen molar-refractivity contribution in [2.75, 3.05) is 40.0 Å². The van der Waals surface area contributed by atoms with Crippen molar-refractivity contribution in [3.8, 4) is 0 Å². The first-order chi connectivity index (χ1) is 15.8. The fourth-order valence-corrected chi connectivity index (χ4v) is 4.10.